The Bertz CT molecular complexity index is 800. The number of carbonyl (C=O) groups excluding carboxylic acids is 1. The number of aryl methyl sites for hydroxylation is 2. The van der Waals surface area contributed by atoms with Gasteiger partial charge in [-0.2, -0.15) is 0 Å². The smallest absolute Gasteiger partial charge is 0.277 e. The first-order chi connectivity index (χ1) is 11.3. The van der Waals surface area contributed by atoms with Crippen molar-refractivity contribution in [3.63, 3.8) is 0 Å². The van der Waals surface area contributed by atoms with E-state index in [0.29, 0.717) is 0 Å². The minimum absolute atomic E-state index is 0.124. The van der Waals surface area contributed by atoms with Gasteiger partial charge in [0.15, 0.2) is 0 Å². The Hall–Kier alpha value is -3.29. The van der Waals surface area contributed by atoms with Crippen LogP contribution in [-0.4, -0.2) is 15.8 Å². The van der Waals surface area contributed by atoms with Crippen molar-refractivity contribution in [1.29, 1.82) is 0 Å². The van der Waals surface area contributed by atoms with Gasteiger partial charge in [0.2, 0.25) is 0 Å². The minimum atomic E-state index is -0.770. The van der Waals surface area contributed by atoms with Gasteiger partial charge in [0.05, 0.1) is 21.5 Å². The highest BCUT2D eigenvalue weighted by Gasteiger charge is 2.19. The molecule has 0 radical (unpaired) electrons. The van der Waals surface area contributed by atoms with Crippen LogP contribution in [0.2, 0.25) is 0 Å². The molecule has 0 aliphatic carbocycles. The molecular weight excluding hydrogens is 314 g/mol. The van der Waals surface area contributed by atoms with Crippen molar-refractivity contribution in [2.45, 2.75) is 20.4 Å². The van der Waals surface area contributed by atoms with E-state index in [1.807, 2.05) is 32.0 Å². The number of carbonyl (C=O) groups is 1. The zero-order valence-electron chi connectivity index (χ0n) is 13.1. The molecule has 0 atom stereocenters. The molecule has 2 aromatic carbocycles. The predicted molar refractivity (Wildman–Crippen MR) is 86.8 cm³/mol. The Kier molecular flexibility index (Phi) is 4.88. The molecule has 0 spiro atoms. The van der Waals surface area contributed by atoms with Crippen molar-refractivity contribution in [3.05, 3.63) is 78.9 Å². The van der Waals surface area contributed by atoms with E-state index in [0.717, 1.165) is 34.9 Å². The summed E-state index contributed by atoms with van der Waals surface area (Å²) in [6.07, 6.45) is 0. The maximum atomic E-state index is 12.2. The minimum Gasteiger partial charge on any atom is -0.348 e. The number of benzene rings is 2. The Morgan fingerprint density at radius 1 is 1.00 bits per heavy atom. The molecule has 2 rings (SSSR count). The molecule has 0 bridgehead atoms. The van der Waals surface area contributed by atoms with Crippen LogP contribution < -0.4 is 5.32 Å². The van der Waals surface area contributed by atoms with Gasteiger partial charge in [-0.15, -0.1) is 0 Å². The third kappa shape index (κ3) is 3.92. The van der Waals surface area contributed by atoms with Crippen molar-refractivity contribution in [1.82, 2.24) is 5.32 Å². The van der Waals surface area contributed by atoms with E-state index < -0.39 is 27.1 Å². The van der Waals surface area contributed by atoms with Gasteiger partial charge >= 0.3 is 0 Å². The average Bonchev–Trinajstić information content (AvgIpc) is 2.53. The summed E-state index contributed by atoms with van der Waals surface area (Å²) in [5.41, 5.74) is 1.87. The number of nitro groups is 2. The molecule has 24 heavy (non-hydrogen) atoms. The Morgan fingerprint density at radius 3 is 2.08 bits per heavy atom. The lowest BCUT2D eigenvalue weighted by Gasteiger charge is -2.09. The summed E-state index contributed by atoms with van der Waals surface area (Å²) >= 11 is 0. The van der Waals surface area contributed by atoms with Crippen LogP contribution in [0, 0.1) is 34.1 Å². The number of nitro benzene ring substituents is 2. The number of nitrogens with zero attached hydrogens (tertiary/aromatic N) is 2. The Morgan fingerprint density at radius 2 is 1.58 bits per heavy atom. The fourth-order valence-corrected chi connectivity index (χ4v) is 2.26. The number of hydrogen-bond acceptors (Lipinski definition) is 5. The lowest BCUT2D eigenvalue weighted by atomic mass is 10.1. The summed E-state index contributed by atoms with van der Waals surface area (Å²) in [6.45, 7) is 4.09. The highest BCUT2D eigenvalue weighted by Crippen LogP contribution is 2.22. The van der Waals surface area contributed by atoms with Crippen LogP contribution in [0.15, 0.2) is 36.4 Å². The van der Waals surface area contributed by atoms with Crippen LogP contribution in [0.25, 0.3) is 0 Å². The Balaban J connectivity index is 2.22. The molecule has 0 aromatic heterocycles. The number of rotatable bonds is 5. The van der Waals surface area contributed by atoms with E-state index in [1.165, 1.54) is 0 Å². The number of nitrogens with one attached hydrogen (secondary N) is 1. The normalized spacial score (nSPS) is 10.2. The molecule has 0 aliphatic rings. The molecule has 8 nitrogen and oxygen atoms in total. The van der Waals surface area contributed by atoms with Gasteiger partial charge in [-0.25, -0.2) is 0 Å². The number of non-ortho nitro benzene ring substituents is 2. The standard InChI is InChI=1S/C16H15N3O5/c1-10-3-4-12(11(2)5-10)9-17-16(20)13-6-14(18(21)22)8-15(7-13)19(23)24/h3-8H,9H2,1-2H3,(H,17,20). The van der Waals surface area contributed by atoms with Gasteiger partial charge in [0.25, 0.3) is 17.3 Å². The van der Waals surface area contributed by atoms with Gasteiger partial charge in [-0.1, -0.05) is 23.8 Å². The second-order valence-corrected chi connectivity index (χ2v) is 5.36. The van der Waals surface area contributed by atoms with Gasteiger partial charge in [-0.3, -0.25) is 25.0 Å². The summed E-state index contributed by atoms with van der Waals surface area (Å²) in [6, 6.07) is 8.61. The summed E-state index contributed by atoms with van der Waals surface area (Å²) in [5.74, 6) is -0.609. The molecular formula is C16H15N3O5. The fourth-order valence-electron chi connectivity index (χ4n) is 2.26. The quantitative estimate of drug-likeness (QED) is 0.668. The van der Waals surface area contributed by atoms with Crippen molar-refractivity contribution >= 4 is 17.3 Å². The lowest BCUT2D eigenvalue weighted by Crippen LogP contribution is -2.23. The van der Waals surface area contributed by atoms with E-state index in [-0.39, 0.29) is 12.1 Å². The third-order valence-electron chi connectivity index (χ3n) is 3.52. The molecule has 124 valence electrons. The molecule has 1 amide bonds. The second kappa shape index (κ2) is 6.86. The monoisotopic (exact) mass is 329 g/mol. The zero-order valence-corrected chi connectivity index (χ0v) is 13.1. The first kappa shape index (κ1) is 17.1. The molecule has 0 fully saturated rings. The van der Waals surface area contributed by atoms with Crippen LogP contribution in [0.5, 0.6) is 0 Å². The van der Waals surface area contributed by atoms with E-state index in [4.69, 9.17) is 0 Å². The van der Waals surface area contributed by atoms with Crippen molar-refractivity contribution in [2.24, 2.45) is 0 Å². The maximum Gasteiger partial charge on any atom is 0.277 e. The molecule has 0 saturated carbocycles. The maximum absolute atomic E-state index is 12.2. The highest BCUT2D eigenvalue weighted by atomic mass is 16.6. The molecule has 0 aliphatic heterocycles. The number of amides is 1. The molecule has 0 heterocycles. The van der Waals surface area contributed by atoms with Crippen LogP contribution in [0.3, 0.4) is 0 Å². The second-order valence-electron chi connectivity index (χ2n) is 5.36. The van der Waals surface area contributed by atoms with Crippen LogP contribution >= 0.6 is 0 Å². The first-order valence-electron chi connectivity index (χ1n) is 7.06. The summed E-state index contributed by atoms with van der Waals surface area (Å²) in [4.78, 5) is 32.4. The zero-order chi connectivity index (χ0) is 17.9. The summed E-state index contributed by atoms with van der Waals surface area (Å²) in [7, 11) is 0. The van der Waals surface area contributed by atoms with E-state index in [9.17, 15) is 25.0 Å². The molecule has 2 aromatic rings. The van der Waals surface area contributed by atoms with Crippen LogP contribution in [0.1, 0.15) is 27.0 Å². The van der Waals surface area contributed by atoms with E-state index >= 15 is 0 Å². The topological polar surface area (TPSA) is 115 Å². The Labute approximate surface area is 137 Å². The SMILES string of the molecule is Cc1ccc(CNC(=O)c2cc([N+](=O)[O-])cc([N+](=O)[O-])c2)c(C)c1. The van der Waals surface area contributed by atoms with Gasteiger partial charge in [0.1, 0.15) is 0 Å². The van der Waals surface area contributed by atoms with Crippen molar-refractivity contribution in [3.8, 4) is 0 Å². The van der Waals surface area contributed by atoms with E-state index in [2.05, 4.69) is 5.32 Å². The highest BCUT2D eigenvalue weighted by molar-refractivity contribution is 5.95. The summed E-state index contributed by atoms with van der Waals surface area (Å²) in [5, 5.41) is 24.3. The third-order valence-corrected chi connectivity index (χ3v) is 3.52. The molecule has 0 unspecified atom stereocenters. The van der Waals surface area contributed by atoms with Crippen molar-refractivity contribution < 1.29 is 14.6 Å². The molecule has 1 N–H and O–H groups in total. The fraction of sp³-hybridized carbons (Fsp3) is 0.188. The van der Waals surface area contributed by atoms with Gasteiger partial charge in [-0.05, 0) is 25.0 Å². The number of hydrogen-bond donors (Lipinski definition) is 1. The summed E-state index contributed by atoms with van der Waals surface area (Å²) < 4.78 is 0. The lowest BCUT2D eigenvalue weighted by molar-refractivity contribution is -0.394. The van der Waals surface area contributed by atoms with E-state index in [1.54, 1.807) is 0 Å². The first-order valence-corrected chi connectivity index (χ1v) is 7.06. The van der Waals surface area contributed by atoms with Crippen LogP contribution in [0.4, 0.5) is 11.4 Å². The van der Waals surface area contributed by atoms with Crippen LogP contribution in [-0.2, 0) is 6.54 Å². The average molecular weight is 329 g/mol. The molecule has 0 saturated heterocycles. The molecule has 8 heteroatoms. The van der Waals surface area contributed by atoms with Gasteiger partial charge in [0, 0.05) is 18.7 Å². The van der Waals surface area contributed by atoms with Gasteiger partial charge < -0.3 is 5.32 Å². The largest absolute Gasteiger partial charge is 0.348 e. The van der Waals surface area contributed by atoms with Crippen molar-refractivity contribution in [2.75, 3.05) is 0 Å². The predicted octanol–water partition coefficient (Wildman–Crippen LogP) is 3.05.